The van der Waals surface area contributed by atoms with Gasteiger partial charge < -0.3 is 15.3 Å². The molecular formula is C7H5BrO4. The first-order valence-electron chi connectivity index (χ1n) is 2.97. The van der Waals surface area contributed by atoms with Gasteiger partial charge in [0, 0.05) is 5.56 Å². The van der Waals surface area contributed by atoms with Gasteiger partial charge in [0.25, 0.3) is 0 Å². The van der Waals surface area contributed by atoms with Crippen molar-refractivity contribution in [2.24, 2.45) is 0 Å². The predicted octanol–water partition coefficient (Wildman–Crippen LogP) is 1.34. The Morgan fingerprint density at radius 3 is 1.92 bits per heavy atom. The van der Waals surface area contributed by atoms with E-state index < -0.39 is 21.9 Å². The van der Waals surface area contributed by atoms with E-state index in [1.807, 2.05) is 0 Å². The fourth-order valence-corrected chi connectivity index (χ4v) is 0.947. The summed E-state index contributed by atoms with van der Waals surface area (Å²) in [5, 5.41) is 26.8. The van der Waals surface area contributed by atoms with Gasteiger partial charge in [0.15, 0.2) is 17.2 Å². The maximum absolute atomic E-state index is 10.7. The van der Waals surface area contributed by atoms with Crippen LogP contribution in [0.25, 0.3) is 0 Å². The van der Waals surface area contributed by atoms with Crippen molar-refractivity contribution in [3.63, 3.8) is 0 Å². The van der Waals surface area contributed by atoms with E-state index in [0.717, 1.165) is 12.1 Å². The highest BCUT2D eigenvalue weighted by molar-refractivity contribution is 9.18. The van der Waals surface area contributed by atoms with Gasteiger partial charge in [0.05, 0.1) is 0 Å². The first-order chi connectivity index (χ1) is 5.52. The van der Waals surface area contributed by atoms with Gasteiger partial charge in [-0.25, -0.2) is 0 Å². The van der Waals surface area contributed by atoms with E-state index in [-0.39, 0.29) is 5.56 Å². The zero-order chi connectivity index (χ0) is 9.30. The summed E-state index contributed by atoms with van der Waals surface area (Å²) >= 11 is 2.63. The largest absolute Gasteiger partial charge is 0.504 e. The van der Waals surface area contributed by atoms with E-state index in [4.69, 9.17) is 15.3 Å². The van der Waals surface area contributed by atoms with Crippen LogP contribution in [0.2, 0.25) is 0 Å². The molecule has 0 fully saturated rings. The lowest BCUT2D eigenvalue weighted by molar-refractivity contribution is 0.109. The van der Waals surface area contributed by atoms with Gasteiger partial charge in [-0.1, -0.05) is 0 Å². The van der Waals surface area contributed by atoms with Crippen molar-refractivity contribution in [3.05, 3.63) is 17.7 Å². The Hall–Kier alpha value is -1.23. The first kappa shape index (κ1) is 8.86. The predicted molar refractivity (Wildman–Crippen MR) is 44.7 cm³/mol. The van der Waals surface area contributed by atoms with E-state index in [9.17, 15) is 4.79 Å². The molecule has 0 aromatic heterocycles. The summed E-state index contributed by atoms with van der Waals surface area (Å²) in [5.74, 6) is -1.69. The number of rotatable bonds is 1. The third kappa shape index (κ3) is 1.50. The molecule has 0 heterocycles. The smallest absolute Gasteiger partial charge is 0.228 e. The number of carbonyl (C=O) groups is 1. The molecule has 0 saturated carbocycles. The molecule has 0 saturated heterocycles. The molecule has 0 spiro atoms. The molecule has 64 valence electrons. The van der Waals surface area contributed by atoms with Gasteiger partial charge in [0.2, 0.25) is 4.69 Å². The average Bonchev–Trinajstić information content (AvgIpc) is 1.99. The van der Waals surface area contributed by atoms with Crippen LogP contribution in [0.1, 0.15) is 10.4 Å². The highest BCUT2D eigenvalue weighted by Gasteiger charge is 2.10. The minimum Gasteiger partial charge on any atom is -0.504 e. The zero-order valence-corrected chi connectivity index (χ0v) is 7.37. The van der Waals surface area contributed by atoms with Crippen molar-refractivity contribution in [3.8, 4) is 17.2 Å². The molecule has 4 nitrogen and oxygen atoms in total. The summed E-state index contributed by atoms with van der Waals surface area (Å²) in [4.78, 5) is 10.7. The lowest BCUT2D eigenvalue weighted by atomic mass is 10.2. The monoisotopic (exact) mass is 232 g/mol. The van der Waals surface area contributed by atoms with E-state index in [2.05, 4.69) is 15.9 Å². The van der Waals surface area contributed by atoms with Crippen LogP contribution < -0.4 is 0 Å². The topological polar surface area (TPSA) is 77.8 Å². The Kier molecular flexibility index (Phi) is 2.23. The number of phenolic OH excluding ortho intramolecular Hbond substituents is 3. The molecule has 0 amide bonds. The SMILES string of the molecule is O=C(Br)c1cc(O)c(O)c(O)c1. The van der Waals surface area contributed by atoms with E-state index >= 15 is 0 Å². The fourth-order valence-electron chi connectivity index (χ4n) is 0.718. The highest BCUT2D eigenvalue weighted by Crippen LogP contribution is 2.35. The third-order valence-corrected chi connectivity index (χ3v) is 1.75. The van der Waals surface area contributed by atoms with Crippen LogP contribution in [0, 0.1) is 0 Å². The van der Waals surface area contributed by atoms with Crippen LogP contribution in [-0.2, 0) is 0 Å². The zero-order valence-electron chi connectivity index (χ0n) is 5.78. The van der Waals surface area contributed by atoms with Crippen molar-refractivity contribution in [1.29, 1.82) is 0 Å². The second-order valence-corrected chi connectivity index (χ2v) is 2.86. The van der Waals surface area contributed by atoms with Crippen LogP contribution >= 0.6 is 15.9 Å². The second-order valence-electron chi connectivity index (χ2n) is 2.14. The fraction of sp³-hybridized carbons (Fsp3) is 0. The molecule has 0 bridgehead atoms. The molecule has 1 aromatic carbocycles. The third-order valence-electron chi connectivity index (χ3n) is 1.30. The Morgan fingerprint density at radius 1 is 1.17 bits per heavy atom. The number of hydrogen-bond acceptors (Lipinski definition) is 4. The van der Waals surface area contributed by atoms with Crippen LogP contribution in [-0.4, -0.2) is 20.0 Å². The summed E-state index contributed by atoms with van der Waals surface area (Å²) < 4.78 is -0.479. The maximum atomic E-state index is 10.7. The van der Waals surface area contributed by atoms with E-state index in [1.165, 1.54) is 0 Å². The van der Waals surface area contributed by atoms with Crippen LogP contribution in [0.4, 0.5) is 0 Å². The number of hydrogen-bond donors (Lipinski definition) is 3. The number of benzene rings is 1. The average molecular weight is 233 g/mol. The van der Waals surface area contributed by atoms with Crippen LogP contribution in [0.3, 0.4) is 0 Å². The van der Waals surface area contributed by atoms with E-state index in [0.29, 0.717) is 0 Å². The van der Waals surface area contributed by atoms with Crippen molar-refractivity contribution in [2.45, 2.75) is 0 Å². The Balaban J connectivity index is 3.31. The lowest BCUT2D eigenvalue weighted by Gasteiger charge is -2.01. The van der Waals surface area contributed by atoms with Crippen LogP contribution in [0.5, 0.6) is 17.2 Å². The van der Waals surface area contributed by atoms with Gasteiger partial charge in [-0.3, -0.25) is 4.79 Å². The molecule has 0 aliphatic rings. The minimum absolute atomic E-state index is 0.0720. The summed E-state index contributed by atoms with van der Waals surface area (Å²) in [6.07, 6.45) is 0. The number of phenols is 3. The van der Waals surface area contributed by atoms with Gasteiger partial charge in [-0.05, 0) is 28.1 Å². The number of carbonyl (C=O) groups excluding carboxylic acids is 1. The summed E-state index contributed by atoms with van der Waals surface area (Å²) in [6.45, 7) is 0. The molecule has 0 unspecified atom stereocenters. The Morgan fingerprint density at radius 2 is 1.58 bits per heavy atom. The molecule has 0 radical (unpaired) electrons. The van der Waals surface area contributed by atoms with Crippen molar-refractivity contribution in [1.82, 2.24) is 0 Å². The van der Waals surface area contributed by atoms with E-state index in [1.54, 1.807) is 0 Å². The number of halogens is 1. The molecule has 3 N–H and O–H groups in total. The lowest BCUT2D eigenvalue weighted by Crippen LogP contribution is -1.87. The van der Waals surface area contributed by atoms with Gasteiger partial charge in [-0.15, -0.1) is 0 Å². The molecule has 0 atom stereocenters. The van der Waals surface area contributed by atoms with Crippen molar-refractivity contribution < 1.29 is 20.1 Å². The Labute approximate surface area is 76.2 Å². The van der Waals surface area contributed by atoms with Crippen molar-refractivity contribution in [2.75, 3.05) is 0 Å². The van der Waals surface area contributed by atoms with Crippen LogP contribution in [0.15, 0.2) is 12.1 Å². The number of aromatic hydroxyl groups is 3. The quantitative estimate of drug-likeness (QED) is 0.505. The van der Waals surface area contributed by atoms with Crippen molar-refractivity contribution >= 4 is 20.6 Å². The van der Waals surface area contributed by atoms with Gasteiger partial charge in [0.1, 0.15) is 0 Å². The highest BCUT2D eigenvalue weighted by atomic mass is 79.9. The molecule has 0 aliphatic carbocycles. The molecule has 1 rings (SSSR count). The normalized spacial score (nSPS) is 9.75. The summed E-state index contributed by atoms with van der Waals surface area (Å²) in [6, 6.07) is 2.10. The first-order valence-corrected chi connectivity index (χ1v) is 3.76. The minimum atomic E-state index is -0.632. The van der Waals surface area contributed by atoms with Gasteiger partial charge in [-0.2, -0.15) is 0 Å². The molecular weight excluding hydrogens is 228 g/mol. The molecule has 1 aromatic rings. The standard InChI is InChI=1S/C7H5BrO4/c8-7(12)3-1-4(9)6(11)5(10)2-3/h1-2,9-11H. The maximum Gasteiger partial charge on any atom is 0.228 e. The Bertz CT molecular complexity index is 311. The molecule has 5 heteroatoms. The summed E-state index contributed by atoms with van der Waals surface area (Å²) in [5.41, 5.74) is 0.0720. The summed E-state index contributed by atoms with van der Waals surface area (Å²) in [7, 11) is 0. The molecule has 12 heavy (non-hydrogen) atoms. The second kappa shape index (κ2) is 3.02. The molecule has 0 aliphatic heterocycles. The van der Waals surface area contributed by atoms with Gasteiger partial charge >= 0.3 is 0 Å².